The lowest BCUT2D eigenvalue weighted by molar-refractivity contribution is -0.118. The smallest absolute Gasteiger partial charge is 0.274 e. The number of aryl methyl sites for hydroxylation is 3. The molecule has 0 fully saturated rings. The highest BCUT2D eigenvalue weighted by Gasteiger charge is 2.10. The summed E-state index contributed by atoms with van der Waals surface area (Å²) in [6.07, 6.45) is 1.51. The minimum atomic E-state index is -0.345. The van der Waals surface area contributed by atoms with Crippen LogP contribution in [0.3, 0.4) is 0 Å². The van der Waals surface area contributed by atoms with E-state index in [9.17, 15) is 9.59 Å². The highest BCUT2D eigenvalue weighted by molar-refractivity contribution is 5.92. The van der Waals surface area contributed by atoms with E-state index < -0.39 is 0 Å². The normalized spacial score (nSPS) is 10.8. The Balaban J connectivity index is 1.60. The van der Waals surface area contributed by atoms with Crippen LogP contribution in [0.15, 0.2) is 46.3 Å². The molecule has 0 saturated heterocycles. The zero-order chi connectivity index (χ0) is 23.1. The number of ether oxygens (including phenoxy) is 2. The Bertz CT molecular complexity index is 1210. The van der Waals surface area contributed by atoms with Gasteiger partial charge in [-0.2, -0.15) is 5.10 Å². The topological polar surface area (TPSA) is 131 Å². The Morgan fingerprint density at radius 1 is 1.12 bits per heavy atom. The minimum Gasteiger partial charge on any atom is -0.493 e. The number of hydrogen-bond acceptors (Lipinski definition) is 8. The Kier molecular flexibility index (Phi) is 7.17. The Hall–Kier alpha value is -4.21. The van der Waals surface area contributed by atoms with E-state index in [0.717, 1.165) is 16.8 Å². The van der Waals surface area contributed by atoms with Crippen LogP contribution < -0.4 is 25.8 Å². The maximum Gasteiger partial charge on any atom is 0.274 e. The number of methoxy groups -OCH3 is 1. The van der Waals surface area contributed by atoms with Gasteiger partial charge in [0.1, 0.15) is 5.69 Å². The lowest BCUT2D eigenvalue weighted by Gasteiger charge is -2.12. The Morgan fingerprint density at radius 3 is 2.66 bits per heavy atom. The van der Waals surface area contributed by atoms with Gasteiger partial charge in [0.05, 0.1) is 13.3 Å². The molecule has 0 bridgehead atoms. The zero-order valence-corrected chi connectivity index (χ0v) is 18.2. The van der Waals surface area contributed by atoms with Crippen LogP contribution in [0.5, 0.6) is 11.5 Å². The zero-order valence-electron chi connectivity index (χ0n) is 18.2. The average molecular weight is 436 g/mol. The first kappa shape index (κ1) is 22.5. The van der Waals surface area contributed by atoms with E-state index >= 15 is 0 Å². The second-order valence-electron chi connectivity index (χ2n) is 7.02. The highest BCUT2D eigenvalue weighted by Crippen LogP contribution is 2.27. The molecule has 1 heterocycles. The van der Waals surface area contributed by atoms with Crippen molar-refractivity contribution < 1.29 is 14.3 Å². The second kappa shape index (κ2) is 10.2. The number of hydrogen-bond donors (Lipinski definition) is 3. The summed E-state index contributed by atoms with van der Waals surface area (Å²) < 4.78 is 11.0. The van der Waals surface area contributed by atoms with E-state index in [1.807, 2.05) is 32.0 Å². The number of amides is 1. The first-order valence-corrected chi connectivity index (χ1v) is 9.76. The van der Waals surface area contributed by atoms with Gasteiger partial charge in [-0.3, -0.25) is 14.6 Å². The number of H-pyrrole nitrogens is 1. The Morgan fingerprint density at radius 2 is 1.94 bits per heavy atom. The van der Waals surface area contributed by atoms with E-state index in [-0.39, 0.29) is 29.7 Å². The lowest BCUT2D eigenvalue weighted by Crippen LogP contribution is -2.20. The van der Waals surface area contributed by atoms with Crippen LogP contribution in [0.1, 0.15) is 22.4 Å². The average Bonchev–Trinajstić information content (AvgIpc) is 2.77. The molecule has 0 aliphatic rings. The number of nitrogens with one attached hydrogen (secondary N) is 3. The predicted octanol–water partition coefficient (Wildman–Crippen LogP) is 2.56. The molecule has 0 radical (unpaired) electrons. The molecule has 1 aromatic heterocycles. The number of aromatic amines is 1. The number of carbonyl (C=O) groups is 1. The van der Waals surface area contributed by atoms with Gasteiger partial charge >= 0.3 is 0 Å². The summed E-state index contributed by atoms with van der Waals surface area (Å²) >= 11 is 0. The largest absolute Gasteiger partial charge is 0.493 e. The SMILES string of the molecule is COc1cc(/C=N/Nc2nnc(C)c(=O)[nH]2)ccc1OCC(=O)Nc1ccc(C)cc1C. The molecular formula is C22H24N6O4. The first-order chi connectivity index (χ1) is 15.4. The summed E-state index contributed by atoms with van der Waals surface area (Å²) in [5.41, 5.74) is 6.07. The minimum absolute atomic E-state index is 0.124. The molecule has 0 atom stereocenters. The van der Waals surface area contributed by atoms with Gasteiger partial charge in [0, 0.05) is 5.69 Å². The van der Waals surface area contributed by atoms with Gasteiger partial charge in [-0.25, -0.2) is 5.43 Å². The van der Waals surface area contributed by atoms with Gasteiger partial charge in [-0.05, 0) is 56.2 Å². The monoisotopic (exact) mass is 436 g/mol. The summed E-state index contributed by atoms with van der Waals surface area (Å²) in [5.74, 6) is 0.708. The van der Waals surface area contributed by atoms with E-state index in [1.54, 1.807) is 25.1 Å². The van der Waals surface area contributed by atoms with Crippen LogP contribution in [0, 0.1) is 20.8 Å². The molecule has 32 heavy (non-hydrogen) atoms. The van der Waals surface area contributed by atoms with Crippen molar-refractivity contribution in [1.82, 2.24) is 15.2 Å². The summed E-state index contributed by atoms with van der Waals surface area (Å²) in [6, 6.07) is 10.9. The van der Waals surface area contributed by atoms with Crippen molar-refractivity contribution in [1.29, 1.82) is 0 Å². The number of anilines is 2. The van der Waals surface area contributed by atoms with Crippen molar-refractivity contribution >= 4 is 23.8 Å². The summed E-state index contributed by atoms with van der Waals surface area (Å²) in [5, 5.41) is 14.4. The molecule has 3 N–H and O–H groups in total. The molecule has 3 aromatic rings. The molecule has 1 amide bonds. The second-order valence-corrected chi connectivity index (χ2v) is 7.02. The maximum atomic E-state index is 12.3. The third-order valence-electron chi connectivity index (χ3n) is 4.45. The van der Waals surface area contributed by atoms with Crippen molar-refractivity contribution in [2.24, 2.45) is 5.10 Å². The molecule has 0 spiro atoms. The summed E-state index contributed by atoms with van der Waals surface area (Å²) in [6.45, 7) is 5.32. The molecular weight excluding hydrogens is 412 g/mol. The van der Waals surface area contributed by atoms with Crippen LogP contribution in [0.25, 0.3) is 0 Å². The van der Waals surface area contributed by atoms with Crippen molar-refractivity contribution in [3.63, 3.8) is 0 Å². The van der Waals surface area contributed by atoms with E-state index in [1.165, 1.54) is 13.3 Å². The fraction of sp³-hybridized carbons (Fsp3) is 0.227. The number of benzene rings is 2. The van der Waals surface area contributed by atoms with E-state index in [4.69, 9.17) is 9.47 Å². The van der Waals surface area contributed by atoms with Crippen molar-refractivity contribution in [3.8, 4) is 11.5 Å². The van der Waals surface area contributed by atoms with Gasteiger partial charge in [-0.1, -0.05) is 17.7 Å². The van der Waals surface area contributed by atoms with Crippen molar-refractivity contribution in [2.45, 2.75) is 20.8 Å². The van der Waals surface area contributed by atoms with Crippen LogP contribution in [-0.2, 0) is 4.79 Å². The quantitative estimate of drug-likeness (QED) is 0.365. The third-order valence-corrected chi connectivity index (χ3v) is 4.45. The van der Waals surface area contributed by atoms with Crippen molar-refractivity contribution in [2.75, 3.05) is 24.5 Å². The lowest BCUT2D eigenvalue weighted by atomic mass is 10.1. The van der Waals surface area contributed by atoms with Crippen LogP contribution in [0.4, 0.5) is 11.6 Å². The molecule has 10 heteroatoms. The number of nitrogens with zero attached hydrogens (tertiary/aromatic N) is 3. The van der Waals surface area contributed by atoms with Crippen LogP contribution >= 0.6 is 0 Å². The first-order valence-electron chi connectivity index (χ1n) is 9.76. The molecule has 3 rings (SSSR count). The van der Waals surface area contributed by atoms with Crippen molar-refractivity contribution in [3.05, 3.63) is 69.1 Å². The number of aromatic nitrogens is 3. The van der Waals surface area contributed by atoms with E-state index in [2.05, 4.69) is 31.0 Å². The molecule has 0 unspecified atom stereocenters. The highest BCUT2D eigenvalue weighted by atomic mass is 16.5. The maximum absolute atomic E-state index is 12.3. The molecule has 166 valence electrons. The number of hydrazone groups is 1. The third kappa shape index (κ3) is 5.91. The fourth-order valence-electron chi connectivity index (χ4n) is 2.78. The molecule has 0 aliphatic heterocycles. The number of rotatable bonds is 8. The summed E-state index contributed by atoms with van der Waals surface area (Å²) in [7, 11) is 1.50. The predicted molar refractivity (Wildman–Crippen MR) is 122 cm³/mol. The van der Waals surface area contributed by atoms with Crippen LogP contribution in [0.2, 0.25) is 0 Å². The molecule has 0 aliphatic carbocycles. The number of carbonyl (C=O) groups excluding carboxylic acids is 1. The van der Waals surface area contributed by atoms with Gasteiger partial charge in [0.25, 0.3) is 11.5 Å². The standard InChI is InChI=1S/C22H24N6O4/c1-13-5-7-17(14(2)9-13)24-20(29)12-32-18-8-6-16(10-19(18)31-4)11-23-27-22-25-21(30)15(3)26-28-22/h5-11H,12H2,1-4H3,(H,24,29)(H2,25,27,28,30)/b23-11+. The molecule has 0 saturated carbocycles. The summed E-state index contributed by atoms with van der Waals surface area (Å²) in [4.78, 5) is 26.3. The fourth-order valence-corrected chi connectivity index (χ4v) is 2.78. The Labute approximate surface area is 184 Å². The van der Waals surface area contributed by atoms with E-state index in [0.29, 0.717) is 17.1 Å². The molecule has 10 nitrogen and oxygen atoms in total. The van der Waals surface area contributed by atoms with Gasteiger partial charge in [0.2, 0.25) is 5.95 Å². The van der Waals surface area contributed by atoms with Gasteiger partial charge < -0.3 is 14.8 Å². The van der Waals surface area contributed by atoms with Gasteiger partial charge in [-0.15, -0.1) is 10.2 Å². The van der Waals surface area contributed by atoms with Crippen LogP contribution in [-0.4, -0.2) is 41.0 Å². The molecule has 2 aromatic carbocycles. The van der Waals surface area contributed by atoms with Gasteiger partial charge in [0.15, 0.2) is 18.1 Å².